The normalized spacial score (nSPS) is 10.8. The smallest absolute Gasteiger partial charge is 0.131 e. The molecule has 0 spiro atoms. The van der Waals surface area contributed by atoms with Gasteiger partial charge in [0.25, 0.3) is 0 Å². The molecule has 0 bridgehead atoms. The van der Waals surface area contributed by atoms with Crippen molar-refractivity contribution in [3.8, 4) is 0 Å². The Hall–Kier alpha value is -0.480. The van der Waals surface area contributed by atoms with E-state index < -0.39 is 0 Å². The fourth-order valence-corrected chi connectivity index (χ4v) is 2.45. The van der Waals surface area contributed by atoms with Crippen LogP contribution < -0.4 is 5.32 Å². The summed E-state index contributed by atoms with van der Waals surface area (Å²) in [5.41, 5.74) is 1.09. The summed E-state index contributed by atoms with van der Waals surface area (Å²) in [6.45, 7) is 1.52. The summed E-state index contributed by atoms with van der Waals surface area (Å²) in [4.78, 5) is 0. The van der Waals surface area contributed by atoms with Gasteiger partial charge in [-0.2, -0.15) is 0 Å². The Morgan fingerprint density at radius 3 is 2.72 bits per heavy atom. The number of hydrogen-bond donors (Lipinski definition) is 1. The monoisotopic (exact) mass is 347 g/mol. The van der Waals surface area contributed by atoms with E-state index in [0.29, 0.717) is 16.6 Å². The largest absolute Gasteiger partial charge is 0.467 e. The lowest BCUT2D eigenvalue weighted by Gasteiger charge is -2.06. The molecule has 0 aliphatic heterocycles. The predicted molar refractivity (Wildman–Crippen MR) is 78.3 cm³/mol. The predicted octanol–water partition coefficient (Wildman–Crippen LogP) is 4.68. The van der Waals surface area contributed by atoms with Gasteiger partial charge in [-0.25, -0.2) is 0 Å². The highest BCUT2D eigenvalue weighted by molar-refractivity contribution is 9.10. The number of hydrogen-bond acceptors (Lipinski definition) is 2. The average Bonchev–Trinajstić information content (AvgIpc) is 2.73. The van der Waals surface area contributed by atoms with Gasteiger partial charge in [0.2, 0.25) is 0 Å². The Kier molecular flexibility index (Phi) is 5.13. The van der Waals surface area contributed by atoms with Gasteiger partial charge in [0.05, 0.1) is 17.3 Å². The molecular weight excluding hydrogens is 337 g/mol. The van der Waals surface area contributed by atoms with Crippen LogP contribution in [-0.2, 0) is 13.0 Å². The molecule has 0 unspecified atom stereocenters. The van der Waals surface area contributed by atoms with Gasteiger partial charge < -0.3 is 9.73 Å². The number of nitrogens with one attached hydrogen (secondary N) is 1. The fourth-order valence-electron chi connectivity index (χ4n) is 1.60. The number of furan rings is 1. The second-order valence-corrected chi connectivity index (χ2v) is 5.55. The molecule has 0 saturated carbocycles. The van der Waals surface area contributed by atoms with E-state index in [0.717, 1.165) is 28.8 Å². The quantitative estimate of drug-likeness (QED) is 0.793. The first-order chi connectivity index (χ1) is 8.66. The topological polar surface area (TPSA) is 25.2 Å². The van der Waals surface area contributed by atoms with Crippen molar-refractivity contribution in [3.63, 3.8) is 0 Å². The van der Waals surface area contributed by atoms with Gasteiger partial charge in [-0.05, 0) is 52.7 Å². The Morgan fingerprint density at radius 2 is 2.06 bits per heavy atom. The Labute approximate surface area is 124 Å². The first-order valence-corrected chi connectivity index (χ1v) is 7.08. The minimum atomic E-state index is 0.663. The zero-order valence-electron chi connectivity index (χ0n) is 9.55. The van der Waals surface area contributed by atoms with Crippen molar-refractivity contribution in [2.45, 2.75) is 13.0 Å². The van der Waals surface area contributed by atoms with Crippen molar-refractivity contribution in [2.24, 2.45) is 0 Å². The van der Waals surface area contributed by atoms with Crippen LogP contribution in [0.5, 0.6) is 0 Å². The lowest BCUT2D eigenvalue weighted by molar-refractivity contribution is 0.482. The van der Waals surface area contributed by atoms with E-state index in [4.69, 9.17) is 27.6 Å². The van der Waals surface area contributed by atoms with E-state index in [9.17, 15) is 0 Å². The molecule has 0 saturated heterocycles. The minimum absolute atomic E-state index is 0.663. The highest BCUT2D eigenvalue weighted by Gasteiger charge is 2.04. The zero-order valence-corrected chi connectivity index (χ0v) is 12.6. The fraction of sp³-hybridized carbons (Fsp3) is 0.231. The molecule has 5 heteroatoms. The van der Waals surface area contributed by atoms with Gasteiger partial charge in [0, 0.05) is 10.0 Å². The van der Waals surface area contributed by atoms with E-state index in [2.05, 4.69) is 21.2 Å². The summed E-state index contributed by atoms with van der Waals surface area (Å²) < 4.78 is 6.29. The molecule has 2 rings (SSSR count). The molecule has 0 atom stereocenters. The van der Waals surface area contributed by atoms with E-state index >= 15 is 0 Å². The van der Waals surface area contributed by atoms with Crippen LogP contribution in [0.25, 0.3) is 0 Å². The van der Waals surface area contributed by atoms with Crippen molar-refractivity contribution >= 4 is 39.1 Å². The highest BCUT2D eigenvalue weighted by atomic mass is 79.9. The van der Waals surface area contributed by atoms with E-state index in [-0.39, 0.29) is 0 Å². The molecule has 0 aliphatic rings. The summed E-state index contributed by atoms with van der Waals surface area (Å²) in [5.74, 6) is 0.900. The van der Waals surface area contributed by atoms with Crippen LogP contribution in [0.15, 0.2) is 39.4 Å². The molecule has 96 valence electrons. The second kappa shape index (κ2) is 6.62. The van der Waals surface area contributed by atoms with Gasteiger partial charge in [0.1, 0.15) is 5.76 Å². The van der Waals surface area contributed by atoms with Crippen molar-refractivity contribution in [3.05, 3.63) is 56.4 Å². The molecule has 0 fully saturated rings. The summed E-state index contributed by atoms with van der Waals surface area (Å²) in [6.07, 6.45) is 2.52. The Morgan fingerprint density at radius 1 is 1.22 bits per heavy atom. The molecule has 0 aliphatic carbocycles. The standard InChI is InChI=1S/C13H12BrCl2NO/c14-11-4-6-18-13(11)8-17-5-3-9-1-2-10(15)7-12(9)16/h1-2,4,6-7,17H,3,5,8H2. The average molecular weight is 349 g/mol. The van der Waals surface area contributed by atoms with Crippen molar-refractivity contribution in [2.75, 3.05) is 6.54 Å². The molecule has 0 radical (unpaired) electrons. The number of benzene rings is 1. The molecule has 0 amide bonds. The SMILES string of the molecule is Clc1ccc(CCNCc2occc2Br)c(Cl)c1. The van der Waals surface area contributed by atoms with Crippen LogP contribution in [-0.4, -0.2) is 6.54 Å². The second-order valence-electron chi connectivity index (χ2n) is 3.85. The Bertz CT molecular complexity index is 527. The zero-order chi connectivity index (χ0) is 13.0. The van der Waals surface area contributed by atoms with Crippen molar-refractivity contribution < 1.29 is 4.42 Å². The maximum Gasteiger partial charge on any atom is 0.131 e. The maximum absolute atomic E-state index is 6.09. The molecule has 1 aromatic heterocycles. The third-order valence-electron chi connectivity index (χ3n) is 2.56. The van der Waals surface area contributed by atoms with E-state index in [1.165, 1.54) is 0 Å². The summed E-state index contributed by atoms with van der Waals surface area (Å²) in [7, 11) is 0. The first kappa shape index (κ1) is 13.9. The minimum Gasteiger partial charge on any atom is -0.467 e. The third kappa shape index (κ3) is 3.75. The van der Waals surface area contributed by atoms with Gasteiger partial charge >= 0.3 is 0 Å². The van der Waals surface area contributed by atoms with Gasteiger partial charge in [0.15, 0.2) is 0 Å². The molecule has 2 nitrogen and oxygen atoms in total. The molecule has 1 heterocycles. The van der Waals surface area contributed by atoms with Crippen LogP contribution in [0.4, 0.5) is 0 Å². The summed E-state index contributed by atoms with van der Waals surface area (Å²) >= 11 is 15.4. The van der Waals surface area contributed by atoms with Gasteiger partial charge in [-0.3, -0.25) is 0 Å². The van der Waals surface area contributed by atoms with Crippen LogP contribution in [0, 0.1) is 0 Å². The first-order valence-electron chi connectivity index (χ1n) is 5.53. The summed E-state index contributed by atoms with van der Waals surface area (Å²) in [6, 6.07) is 7.45. The van der Waals surface area contributed by atoms with Crippen LogP contribution in [0.2, 0.25) is 10.0 Å². The van der Waals surface area contributed by atoms with Crippen LogP contribution in [0.1, 0.15) is 11.3 Å². The number of halogens is 3. The van der Waals surface area contributed by atoms with Crippen LogP contribution in [0.3, 0.4) is 0 Å². The molecule has 2 aromatic rings. The summed E-state index contributed by atoms with van der Waals surface area (Å²) in [5, 5.41) is 4.68. The van der Waals surface area contributed by atoms with Crippen molar-refractivity contribution in [1.29, 1.82) is 0 Å². The van der Waals surface area contributed by atoms with Gasteiger partial charge in [-0.1, -0.05) is 29.3 Å². The lowest BCUT2D eigenvalue weighted by atomic mass is 10.1. The van der Waals surface area contributed by atoms with E-state index in [1.54, 1.807) is 12.3 Å². The molecule has 1 aromatic carbocycles. The van der Waals surface area contributed by atoms with Gasteiger partial charge in [-0.15, -0.1) is 0 Å². The van der Waals surface area contributed by atoms with Crippen LogP contribution >= 0.6 is 39.1 Å². The molecular formula is C13H12BrCl2NO. The Balaban J connectivity index is 1.80. The highest BCUT2D eigenvalue weighted by Crippen LogP contribution is 2.21. The van der Waals surface area contributed by atoms with Crippen molar-refractivity contribution in [1.82, 2.24) is 5.32 Å². The van der Waals surface area contributed by atoms with E-state index in [1.807, 2.05) is 18.2 Å². The lowest BCUT2D eigenvalue weighted by Crippen LogP contribution is -2.16. The number of rotatable bonds is 5. The molecule has 1 N–H and O–H groups in total. The third-order valence-corrected chi connectivity index (χ3v) is 3.86. The maximum atomic E-state index is 6.09. The molecule has 18 heavy (non-hydrogen) atoms.